The molecule has 2 aromatic rings. The van der Waals surface area contributed by atoms with E-state index < -0.39 is 0 Å². The molecule has 172 valence electrons. The zero-order chi connectivity index (χ0) is 22.9. The van der Waals surface area contributed by atoms with E-state index in [1.807, 2.05) is 12.1 Å². The van der Waals surface area contributed by atoms with Crippen molar-refractivity contribution in [3.63, 3.8) is 0 Å². The predicted molar refractivity (Wildman–Crippen MR) is 125 cm³/mol. The Bertz CT molecular complexity index is 1030. The van der Waals surface area contributed by atoms with Crippen molar-refractivity contribution < 1.29 is 9.53 Å². The largest absolute Gasteiger partial charge is 0.384 e. The Morgan fingerprint density at radius 1 is 1.31 bits per heavy atom. The Morgan fingerprint density at radius 2 is 2.06 bits per heavy atom. The fraction of sp³-hybridized carbons (Fsp3) is 0.565. The van der Waals surface area contributed by atoms with Crippen LogP contribution in [0.1, 0.15) is 32.3 Å². The number of hydrogen-bond acceptors (Lipinski definition) is 6. The van der Waals surface area contributed by atoms with Crippen LogP contribution in [0.3, 0.4) is 0 Å². The number of hydrogen-bond donors (Lipinski definition) is 2. The Kier molecular flexibility index (Phi) is 6.67. The molecule has 32 heavy (non-hydrogen) atoms. The van der Waals surface area contributed by atoms with Gasteiger partial charge in [-0.25, -0.2) is 4.68 Å². The molecular formula is C23H30BrN5O3. The summed E-state index contributed by atoms with van der Waals surface area (Å²) < 4.78 is 7.09. The third-order valence-electron chi connectivity index (χ3n) is 7.34. The normalized spacial score (nSPS) is 25.6. The van der Waals surface area contributed by atoms with Gasteiger partial charge in [0.15, 0.2) is 0 Å². The summed E-state index contributed by atoms with van der Waals surface area (Å²) in [5.74, 6) is 1.39. The van der Waals surface area contributed by atoms with Crippen molar-refractivity contribution in [1.82, 2.24) is 20.1 Å². The fourth-order valence-electron chi connectivity index (χ4n) is 5.31. The van der Waals surface area contributed by atoms with Gasteiger partial charge in [-0.2, -0.15) is 5.10 Å². The summed E-state index contributed by atoms with van der Waals surface area (Å²) in [7, 11) is 1.74. The molecule has 2 aromatic heterocycles. The van der Waals surface area contributed by atoms with E-state index in [2.05, 4.69) is 50.5 Å². The van der Waals surface area contributed by atoms with Crippen LogP contribution in [0.15, 0.2) is 40.0 Å². The minimum absolute atomic E-state index is 0.142. The summed E-state index contributed by atoms with van der Waals surface area (Å²) in [6.07, 6.45) is 7.25. The van der Waals surface area contributed by atoms with Crippen molar-refractivity contribution in [1.29, 1.82) is 0 Å². The van der Waals surface area contributed by atoms with E-state index in [0.29, 0.717) is 46.5 Å². The van der Waals surface area contributed by atoms with Gasteiger partial charge in [0.1, 0.15) is 11.0 Å². The Balaban J connectivity index is 1.41. The average molecular weight is 504 g/mol. The lowest BCUT2D eigenvalue weighted by Gasteiger charge is -2.62. The van der Waals surface area contributed by atoms with E-state index in [1.165, 1.54) is 11.1 Å². The molecule has 2 bridgehead atoms. The molecule has 1 amide bonds. The first-order valence-electron chi connectivity index (χ1n) is 11.0. The molecule has 0 unspecified atom stereocenters. The van der Waals surface area contributed by atoms with Crippen molar-refractivity contribution >= 4 is 27.5 Å². The molecule has 0 radical (unpaired) electrons. The van der Waals surface area contributed by atoms with Crippen molar-refractivity contribution in [3.05, 3.63) is 51.1 Å². The second kappa shape index (κ2) is 9.31. The number of amides is 1. The van der Waals surface area contributed by atoms with Crippen LogP contribution in [0.5, 0.6) is 0 Å². The van der Waals surface area contributed by atoms with Gasteiger partial charge in [-0.05, 0) is 63.7 Å². The summed E-state index contributed by atoms with van der Waals surface area (Å²) in [5, 5.41) is 10.6. The van der Waals surface area contributed by atoms with Gasteiger partial charge in [0, 0.05) is 38.0 Å². The van der Waals surface area contributed by atoms with E-state index in [-0.39, 0.29) is 24.1 Å². The summed E-state index contributed by atoms with van der Waals surface area (Å²) in [6, 6.07) is 3.88. The topological polar surface area (TPSA) is 98.1 Å². The molecule has 2 heterocycles. The van der Waals surface area contributed by atoms with Gasteiger partial charge >= 0.3 is 0 Å². The highest BCUT2D eigenvalue weighted by Gasteiger charge is 2.57. The van der Waals surface area contributed by atoms with Crippen molar-refractivity contribution in [2.45, 2.75) is 45.8 Å². The van der Waals surface area contributed by atoms with Gasteiger partial charge in [-0.15, -0.1) is 0 Å². The molecule has 0 spiro atoms. The highest BCUT2D eigenvalue weighted by Crippen LogP contribution is 2.61. The number of anilines is 1. The van der Waals surface area contributed by atoms with Gasteiger partial charge in [0.2, 0.25) is 5.91 Å². The molecule has 3 aliphatic rings. The predicted octanol–water partition coefficient (Wildman–Crippen LogP) is 2.83. The molecule has 0 aromatic carbocycles. The lowest BCUT2D eigenvalue weighted by molar-refractivity contribution is -0.126. The standard InChI is InChI=1S/C23H30BrN5O3/c1-23(2)15-8-17(23)16(13-32-3)18(9-15)28-19-11-27-29(22(31)21(19)24)12-20(30)26-10-14-4-6-25-7-5-14/h4-7,11,15-18,28H,8-10,12-13H2,1-3H3,(H,26,30)/t15-,16-,17+,18-/m1/s1. The number of fused-ring (bicyclic) bond motifs is 2. The number of ether oxygens (including phenoxy) is 1. The number of carbonyl (C=O) groups excluding carboxylic acids is 1. The van der Waals surface area contributed by atoms with Crippen LogP contribution in [0, 0.1) is 23.2 Å². The molecule has 2 N–H and O–H groups in total. The smallest absolute Gasteiger partial charge is 0.283 e. The van der Waals surface area contributed by atoms with Crippen LogP contribution in [0.25, 0.3) is 0 Å². The quantitative estimate of drug-likeness (QED) is 0.574. The summed E-state index contributed by atoms with van der Waals surface area (Å²) >= 11 is 3.43. The third kappa shape index (κ3) is 4.45. The third-order valence-corrected chi connectivity index (χ3v) is 8.10. The van der Waals surface area contributed by atoms with Gasteiger partial charge in [-0.3, -0.25) is 14.6 Å². The maximum Gasteiger partial charge on any atom is 0.283 e. The molecule has 5 rings (SSSR count). The van der Waals surface area contributed by atoms with Crippen LogP contribution in [0.4, 0.5) is 5.69 Å². The molecule has 3 aliphatic carbocycles. The average Bonchev–Trinajstić information content (AvgIpc) is 2.79. The number of halogens is 1. The van der Waals surface area contributed by atoms with Crippen LogP contribution in [-0.2, 0) is 22.6 Å². The molecule has 3 saturated carbocycles. The molecule has 0 saturated heterocycles. The van der Waals surface area contributed by atoms with E-state index >= 15 is 0 Å². The maximum absolute atomic E-state index is 12.8. The van der Waals surface area contributed by atoms with Crippen LogP contribution >= 0.6 is 15.9 Å². The highest BCUT2D eigenvalue weighted by molar-refractivity contribution is 9.10. The van der Waals surface area contributed by atoms with Crippen LogP contribution < -0.4 is 16.2 Å². The SMILES string of the molecule is COC[C@H]1[C@H](Nc2cnn(CC(=O)NCc3ccncc3)c(=O)c2Br)C[C@H]2C[C@@H]1C2(C)C. The monoisotopic (exact) mass is 503 g/mol. The van der Waals surface area contributed by atoms with Crippen molar-refractivity contribution in [3.8, 4) is 0 Å². The zero-order valence-electron chi connectivity index (χ0n) is 18.7. The molecule has 8 nitrogen and oxygen atoms in total. The van der Waals surface area contributed by atoms with Crippen LogP contribution in [-0.4, -0.2) is 40.4 Å². The van der Waals surface area contributed by atoms with E-state index in [9.17, 15) is 9.59 Å². The Labute approximate surface area is 196 Å². The number of methoxy groups -OCH3 is 1. The fourth-order valence-corrected chi connectivity index (χ4v) is 5.73. The molecule has 3 fully saturated rings. The second-order valence-corrected chi connectivity index (χ2v) is 10.2. The minimum atomic E-state index is -0.335. The Morgan fingerprint density at radius 3 is 2.75 bits per heavy atom. The lowest BCUT2D eigenvalue weighted by atomic mass is 9.44. The number of aromatic nitrogens is 3. The van der Waals surface area contributed by atoms with Gasteiger partial charge < -0.3 is 15.4 Å². The molecular weight excluding hydrogens is 474 g/mol. The first-order chi connectivity index (χ1) is 15.3. The molecule has 4 atom stereocenters. The van der Waals surface area contributed by atoms with Crippen LogP contribution in [0.2, 0.25) is 0 Å². The van der Waals surface area contributed by atoms with Crippen molar-refractivity contribution in [2.24, 2.45) is 23.2 Å². The zero-order valence-corrected chi connectivity index (χ0v) is 20.3. The second-order valence-electron chi connectivity index (χ2n) is 9.43. The van der Waals surface area contributed by atoms with Gasteiger partial charge in [-0.1, -0.05) is 13.8 Å². The number of pyridine rings is 1. The van der Waals surface area contributed by atoms with E-state index in [4.69, 9.17) is 4.74 Å². The summed E-state index contributed by atoms with van der Waals surface area (Å²) in [6.45, 7) is 5.62. The summed E-state index contributed by atoms with van der Waals surface area (Å²) in [4.78, 5) is 29.1. The molecule has 0 aliphatic heterocycles. The Hall–Kier alpha value is -2.26. The first-order valence-corrected chi connectivity index (χ1v) is 11.8. The lowest BCUT2D eigenvalue weighted by Crippen LogP contribution is -2.60. The minimum Gasteiger partial charge on any atom is -0.384 e. The van der Waals surface area contributed by atoms with E-state index in [0.717, 1.165) is 12.0 Å². The highest BCUT2D eigenvalue weighted by atomic mass is 79.9. The molecule has 9 heteroatoms. The summed E-state index contributed by atoms with van der Waals surface area (Å²) in [5.41, 5.74) is 1.60. The van der Waals surface area contributed by atoms with E-state index in [1.54, 1.807) is 25.7 Å². The van der Waals surface area contributed by atoms with Crippen molar-refractivity contribution in [2.75, 3.05) is 19.0 Å². The number of carbonyl (C=O) groups is 1. The number of nitrogens with zero attached hydrogens (tertiary/aromatic N) is 3. The van der Waals surface area contributed by atoms with Gasteiger partial charge in [0.05, 0.1) is 18.5 Å². The number of rotatable bonds is 8. The van der Waals surface area contributed by atoms with Gasteiger partial charge in [0.25, 0.3) is 5.56 Å². The first kappa shape index (κ1) is 22.9. The maximum atomic E-state index is 12.8. The number of nitrogens with one attached hydrogen (secondary N) is 2.